The molecule has 1 aromatic rings. The number of carbonyl (C=O) groups is 1. The molecule has 6 heteroatoms. The van der Waals surface area contributed by atoms with Gasteiger partial charge in [-0.05, 0) is 6.42 Å². The highest BCUT2D eigenvalue weighted by atomic mass is 32.1. The van der Waals surface area contributed by atoms with Crippen LogP contribution in [0.5, 0.6) is 0 Å². The molecule has 12 heavy (non-hydrogen) atoms. The van der Waals surface area contributed by atoms with Crippen molar-refractivity contribution in [1.29, 1.82) is 0 Å². The first kappa shape index (κ1) is 8.92. The molecule has 5 nitrogen and oxygen atoms in total. The second kappa shape index (κ2) is 4.01. The number of nitrogens with zero attached hydrogens (tertiary/aromatic N) is 2. The van der Waals surface area contributed by atoms with E-state index >= 15 is 0 Å². The minimum absolute atomic E-state index is 0.471. The lowest BCUT2D eigenvalue weighted by molar-refractivity contribution is 0.187. The first-order valence-electron chi connectivity index (χ1n) is 3.43. The van der Waals surface area contributed by atoms with E-state index in [1.165, 1.54) is 18.4 Å². The quantitative estimate of drug-likeness (QED) is 0.757. The number of methoxy groups -OCH3 is 1. The van der Waals surface area contributed by atoms with E-state index < -0.39 is 6.09 Å². The van der Waals surface area contributed by atoms with Crippen LogP contribution in [0.2, 0.25) is 0 Å². The Morgan fingerprint density at radius 3 is 2.92 bits per heavy atom. The molecule has 1 amide bonds. The largest absolute Gasteiger partial charge is 0.453 e. The Hall–Kier alpha value is -1.17. The van der Waals surface area contributed by atoms with Gasteiger partial charge < -0.3 is 4.74 Å². The van der Waals surface area contributed by atoms with Crippen LogP contribution in [0.3, 0.4) is 0 Å². The van der Waals surface area contributed by atoms with E-state index in [1.54, 1.807) is 0 Å². The molecule has 1 aromatic heterocycles. The Balaban J connectivity index is 2.58. The molecule has 0 fully saturated rings. The molecule has 0 radical (unpaired) electrons. The van der Waals surface area contributed by atoms with Gasteiger partial charge in [0.05, 0.1) is 7.11 Å². The number of anilines is 1. The summed E-state index contributed by atoms with van der Waals surface area (Å²) in [5.74, 6) is 0. The topological polar surface area (TPSA) is 64.1 Å². The Bertz CT molecular complexity index is 274. The number of hydrogen-bond acceptors (Lipinski definition) is 5. The van der Waals surface area contributed by atoms with Crippen molar-refractivity contribution in [2.75, 3.05) is 12.4 Å². The van der Waals surface area contributed by atoms with Crippen LogP contribution < -0.4 is 5.32 Å². The Kier molecular flexibility index (Phi) is 2.98. The lowest BCUT2D eigenvalue weighted by Crippen LogP contribution is -2.10. The van der Waals surface area contributed by atoms with E-state index in [-0.39, 0.29) is 0 Å². The van der Waals surface area contributed by atoms with Crippen LogP contribution >= 0.6 is 11.3 Å². The second-order valence-corrected chi connectivity index (χ2v) is 3.03. The molecule has 1 N–H and O–H groups in total. The Morgan fingerprint density at radius 2 is 2.42 bits per heavy atom. The molecule has 0 saturated carbocycles. The number of rotatable bonds is 2. The molecule has 1 rings (SSSR count). The maximum absolute atomic E-state index is 10.7. The van der Waals surface area contributed by atoms with Crippen molar-refractivity contribution >= 4 is 22.6 Å². The first-order valence-corrected chi connectivity index (χ1v) is 4.25. The van der Waals surface area contributed by atoms with Gasteiger partial charge in [0.1, 0.15) is 5.01 Å². The van der Waals surface area contributed by atoms with Crippen molar-refractivity contribution < 1.29 is 9.53 Å². The van der Waals surface area contributed by atoms with Gasteiger partial charge in [-0.2, -0.15) is 0 Å². The lowest BCUT2D eigenvalue weighted by atomic mass is 10.5. The summed E-state index contributed by atoms with van der Waals surface area (Å²) in [4.78, 5) is 10.7. The molecule has 0 aromatic carbocycles. The summed E-state index contributed by atoms with van der Waals surface area (Å²) in [7, 11) is 1.30. The van der Waals surface area contributed by atoms with E-state index in [0.717, 1.165) is 11.4 Å². The molecular weight excluding hydrogens is 178 g/mol. The Morgan fingerprint density at radius 1 is 1.67 bits per heavy atom. The molecule has 0 aliphatic carbocycles. The third-order valence-corrected chi connectivity index (χ3v) is 2.15. The van der Waals surface area contributed by atoms with E-state index in [2.05, 4.69) is 20.3 Å². The number of amides is 1. The van der Waals surface area contributed by atoms with Gasteiger partial charge >= 0.3 is 6.09 Å². The van der Waals surface area contributed by atoms with E-state index in [1.807, 2.05) is 6.92 Å². The summed E-state index contributed by atoms with van der Waals surface area (Å²) in [6.07, 6.45) is 0.300. The molecule has 0 aliphatic heterocycles. The highest BCUT2D eigenvalue weighted by Gasteiger charge is 2.05. The Labute approximate surface area is 73.8 Å². The van der Waals surface area contributed by atoms with Gasteiger partial charge in [0.15, 0.2) is 0 Å². The molecule has 0 bridgehead atoms. The average Bonchev–Trinajstić information content (AvgIpc) is 2.52. The normalized spacial score (nSPS) is 9.50. The highest BCUT2D eigenvalue weighted by molar-refractivity contribution is 7.15. The van der Waals surface area contributed by atoms with Gasteiger partial charge in [-0.25, -0.2) is 4.79 Å². The zero-order valence-corrected chi connectivity index (χ0v) is 7.64. The number of carbonyl (C=O) groups excluding carboxylic acids is 1. The summed E-state index contributed by atoms with van der Waals surface area (Å²) in [6.45, 7) is 1.97. The average molecular weight is 187 g/mol. The van der Waals surface area contributed by atoms with Crippen LogP contribution in [0.15, 0.2) is 0 Å². The van der Waals surface area contributed by atoms with Gasteiger partial charge in [0.25, 0.3) is 0 Å². The number of aromatic nitrogens is 2. The minimum Gasteiger partial charge on any atom is -0.453 e. The van der Waals surface area contributed by atoms with E-state index in [4.69, 9.17) is 0 Å². The van der Waals surface area contributed by atoms with Crippen molar-refractivity contribution in [2.45, 2.75) is 13.3 Å². The molecule has 0 atom stereocenters. The van der Waals surface area contributed by atoms with Crippen LogP contribution in [-0.2, 0) is 11.2 Å². The second-order valence-electron chi connectivity index (χ2n) is 1.97. The van der Waals surface area contributed by atoms with Crippen LogP contribution in [0.1, 0.15) is 11.9 Å². The van der Waals surface area contributed by atoms with Gasteiger partial charge in [0, 0.05) is 0 Å². The number of nitrogens with one attached hydrogen (secondary N) is 1. The van der Waals surface area contributed by atoms with Gasteiger partial charge in [-0.3, -0.25) is 5.32 Å². The van der Waals surface area contributed by atoms with Crippen LogP contribution in [0.4, 0.5) is 9.93 Å². The third-order valence-electron chi connectivity index (χ3n) is 1.16. The molecule has 0 saturated heterocycles. The molecule has 66 valence electrons. The minimum atomic E-state index is -0.520. The maximum atomic E-state index is 10.7. The summed E-state index contributed by atoms with van der Waals surface area (Å²) < 4.78 is 4.39. The van der Waals surface area contributed by atoms with Gasteiger partial charge in [-0.15, -0.1) is 10.2 Å². The lowest BCUT2D eigenvalue weighted by Gasteiger charge is -1.95. The van der Waals surface area contributed by atoms with Gasteiger partial charge in [-0.1, -0.05) is 18.3 Å². The van der Waals surface area contributed by atoms with Crippen molar-refractivity contribution in [3.63, 3.8) is 0 Å². The predicted octanol–water partition coefficient (Wildman–Crippen LogP) is 1.28. The van der Waals surface area contributed by atoms with Crippen LogP contribution in [0, 0.1) is 0 Å². The molecule has 0 aliphatic rings. The van der Waals surface area contributed by atoms with E-state index in [0.29, 0.717) is 5.13 Å². The summed E-state index contributed by atoms with van der Waals surface area (Å²) in [5.41, 5.74) is 0. The fourth-order valence-electron chi connectivity index (χ4n) is 0.585. The summed E-state index contributed by atoms with van der Waals surface area (Å²) in [6, 6.07) is 0. The smallest absolute Gasteiger partial charge is 0.413 e. The summed E-state index contributed by atoms with van der Waals surface area (Å²) >= 11 is 1.34. The number of ether oxygens (including phenoxy) is 1. The van der Waals surface area contributed by atoms with E-state index in [9.17, 15) is 4.79 Å². The molecule has 1 heterocycles. The van der Waals surface area contributed by atoms with Crippen LogP contribution in [-0.4, -0.2) is 23.4 Å². The number of hydrogen-bond donors (Lipinski definition) is 1. The monoisotopic (exact) mass is 187 g/mol. The maximum Gasteiger partial charge on any atom is 0.413 e. The standard InChI is InChI=1S/C6H9N3O2S/c1-3-4-8-9-5(12-4)7-6(10)11-2/h3H2,1-2H3,(H,7,9,10). The zero-order chi connectivity index (χ0) is 8.97. The van der Waals surface area contributed by atoms with Crippen LogP contribution in [0.25, 0.3) is 0 Å². The number of aryl methyl sites for hydroxylation is 1. The first-order chi connectivity index (χ1) is 5.76. The van der Waals surface area contributed by atoms with Crippen molar-refractivity contribution in [3.05, 3.63) is 5.01 Å². The fraction of sp³-hybridized carbons (Fsp3) is 0.500. The third kappa shape index (κ3) is 2.16. The summed E-state index contributed by atoms with van der Waals surface area (Å²) in [5, 5.41) is 11.3. The zero-order valence-electron chi connectivity index (χ0n) is 6.83. The SMILES string of the molecule is CCc1nnc(NC(=O)OC)s1. The molecular formula is C6H9N3O2S. The van der Waals surface area contributed by atoms with Crippen molar-refractivity contribution in [1.82, 2.24) is 10.2 Å². The predicted molar refractivity (Wildman–Crippen MR) is 45.3 cm³/mol. The fourth-order valence-corrected chi connectivity index (χ4v) is 1.25. The van der Waals surface area contributed by atoms with Crippen molar-refractivity contribution in [2.24, 2.45) is 0 Å². The molecule has 0 unspecified atom stereocenters. The molecule has 0 spiro atoms. The van der Waals surface area contributed by atoms with Gasteiger partial charge in [0.2, 0.25) is 5.13 Å². The van der Waals surface area contributed by atoms with Crippen molar-refractivity contribution in [3.8, 4) is 0 Å². The highest BCUT2D eigenvalue weighted by Crippen LogP contribution is 2.14.